The highest BCUT2D eigenvalue weighted by Crippen LogP contribution is 2.28. The third-order valence-electron chi connectivity index (χ3n) is 4.64. The van der Waals surface area contributed by atoms with Crippen molar-refractivity contribution in [2.45, 2.75) is 30.7 Å². The molecule has 9 nitrogen and oxygen atoms in total. The average molecular weight is 454 g/mol. The largest absolute Gasteiger partial charge is 0.406 e. The summed E-state index contributed by atoms with van der Waals surface area (Å²) in [5, 5.41) is 20.1. The number of alkyl halides is 3. The van der Waals surface area contributed by atoms with Crippen LogP contribution in [0.5, 0.6) is 0 Å². The summed E-state index contributed by atoms with van der Waals surface area (Å²) in [5.41, 5.74) is 0.857. The third kappa shape index (κ3) is 5.53. The number of para-hydroxylation sites is 1. The predicted molar refractivity (Wildman–Crippen MR) is 107 cm³/mol. The molecule has 1 saturated heterocycles. The third-order valence-corrected chi connectivity index (χ3v) is 5.69. The fourth-order valence-corrected chi connectivity index (χ4v) is 4.10. The van der Waals surface area contributed by atoms with Crippen LogP contribution in [0.1, 0.15) is 12.2 Å². The first kappa shape index (κ1) is 21.6. The van der Waals surface area contributed by atoms with Crippen LogP contribution in [0, 0.1) is 0 Å². The maximum atomic E-state index is 13.2. The van der Waals surface area contributed by atoms with Crippen molar-refractivity contribution in [1.29, 1.82) is 0 Å². The lowest BCUT2D eigenvalue weighted by atomic mass is 10.3. The molecule has 0 radical (unpaired) electrons. The van der Waals surface area contributed by atoms with Crippen molar-refractivity contribution in [3.63, 3.8) is 0 Å². The van der Waals surface area contributed by atoms with E-state index in [4.69, 9.17) is 4.74 Å². The van der Waals surface area contributed by atoms with Gasteiger partial charge in [0.1, 0.15) is 6.54 Å². The van der Waals surface area contributed by atoms with Gasteiger partial charge in [-0.2, -0.15) is 17.9 Å². The van der Waals surface area contributed by atoms with E-state index in [-0.39, 0.29) is 11.1 Å². The summed E-state index contributed by atoms with van der Waals surface area (Å²) in [6.07, 6.45) is -3.11. The van der Waals surface area contributed by atoms with Gasteiger partial charge in [-0.3, -0.25) is 4.57 Å². The fraction of sp³-hybridized carbons (Fsp3) is 0.500. The molecule has 0 amide bonds. The number of hydrogen-bond donors (Lipinski definition) is 0. The average Bonchev–Trinajstić information content (AvgIpc) is 3.38. The van der Waals surface area contributed by atoms with Gasteiger partial charge < -0.3 is 9.64 Å². The van der Waals surface area contributed by atoms with Crippen molar-refractivity contribution in [3.05, 3.63) is 36.2 Å². The van der Waals surface area contributed by atoms with E-state index in [1.165, 1.54) is 11.8 Å². The first-order valence-corrected chi connectivity index (χ1v) is 10.8. The van der Waals surface area contributed by atoms with Gasteiger partial charge in [-0.15, -0.1) is 15.3 Å². The number of aryl methyl sites for hydroxylation is 1. The molecule has 13 heteroatoms. The predicted octanol–water partition coefficient (Wildman–Crippen LogP) is 2.38. The van der Waals surface area contributed by atoms with Crippen molar-refractivity contribution in [2.24, 2.45) is 0 Å². The second kappa shape index (κ2) is 9.64. The zero-order chi connectivity index (χ0) is 21.7. The van der Waals surface area contributed by atoms with Gasteiger partial charge >= 0.3 is 6.18 Å². The zero-order valence-electron chi connectivity index (χ0n) is 16.6. The first-order chi connectivity index (χ1) is 15.0. The summed E-state index contributed by atoms with van der Waals surface area (Å²) >= 11 is 1.25. The van der Waals surface area contributed by atoms with E-state index in [1.54, 1.807) is 9.58 Å². The summed E-state index contributed by atoms with van der Waals surface area (Å²) < 4.78 is 47.6. The van der Waals surface area contributed by atoms with Crippen LogP contribution in [0.3, 0.4) is 0 Å². The fourth-order valence-electron chi connectivity index (χ4n) is 3.23. The standard InChI is InChI=1S/C18H21F3N8OS/c19-18(20,21)13-28-16(27-8-10-30-11-9-27)23-24-17(28)31-12-4-7-15-22-25-26-29(15)14-5-2-1-3-6-14/h1-3,5-6H,4,7-13H2. The zero-order valence-corrected chi connectivity index (χ0v) is 17.4. The van der Waals surface area contributed by atoms with E-state index < -0.39 is 12.7 Å². The highest BCUT2D eigenvalue weighted by Gasteiger charge is 2.32. The van der Waals surface area contributed by atoms with Crippen LogP contribution < -0.4 is 4.90 Å². The van der Waals surface area contributed by atoms with E-state index in [9.17, 15) is 13.2 Å². The molecule has 1 aliphatic rings. The molecule has 0 unspecified atom stereocenters. The molecule has 0 spiro atoms. The Morgan fingerprint density at radius 1 is 1.03 bits per heavy atom. The van der Waals surface area contributed by atoms with E-state index in [0.717, 1.165) is 10.3 Å². The molecule has 1 fully saturated rings. The van der Waals surface area contributed by atoms with Crippen molar-refractivity contribution in [2.75, 3.05) is 37.0 Å². The molecule has 1 aliphatic heterocycles. The van der Waals surface area contributed by atoms with Gasteiger partial charge in [-0.1, -0.05) is 30.0 Å². The summed E-state index contributed by atoms with van der Waals surface area (Å²) in [7, 11) is 0. The molecule has 0 atom stereocenters. The molecule has 2 aromatic heterocycles. The lowest BCUT2D eigenvalue weighted by molar-refractivity contribution is -0.141. The minimum absolute atomic E-state index is 0.233. The Labute approximate surface area is 180 Å². The van der Waals surface area contributed by atoms with Crippen LogP contribution >= 0.6 is 11.8 Å². The minimum Gasteiger partial charge on any atom is -0.378 e. The molecule has 31 heavy (non-hydrogen) atoms. The minimum atomic E-state index is -4.36. The van der Waals surface area contributed by atoms with E-state index >= 15 is 0 Å². The van der Waals surface area contributed by atoms with E-state index in [2.05, 4.69) is 25.7 Å². The van der Waals surface area contributed by atoms with Crippen LogP contribution in [0.15, 0.2) is 35.5 Å². The summed E-state index contributed by atoms with van der Waals surface area (Å²) in [6.45, 7) is 0.766. The van der Waals surface area contributed by atoms with Crippen LogP contribution in [-0.4, -0.2) is 73.2 Å². The lowest BCUT2D eigenvalue weighted by Gasteiger charge is -2.28. The highest BCUT2D eigenvalue weighted by atomic mass is 32.2. The Morgan fingerprint density at radius 2 is 1.81 bits per heavy atom. The number of ether oxygens (including phenoxy) is 1. The monoisotopic (exact) mass is 454 g/mol. The van der Waals surface area contributed by atoms with Gasteiger partial charge in [-0.25, -0.2) is 0 Å². The van der Waals surface area contributed by atoms with Crippen LogP contribution in [-0.2, 0) is 17.7 Å². The molecule has 0 bridgehead atoms. The van der Waals surface area contributed by atoms with E-state index in [1.807, 2.05) is 30.3 Å². The Bertz CT molecular complexity index is 972. The lowest BCUT2D eigenvalue weighted by Crippen LogP contribution is -2.38. The number of anilines is 1. The van der Waals surface area contributed by atoms with Gasteiger partial charge in [0.15, 0.2) is 11.0 Å². The van der Waals surface area contributed by atoms with Gasteiger partial charge in [-0.05, 0) is 29.0 Å². The first-order valence-electron chi connectivity index (χ1n) is 9.79. The molecule has 4 rings (SSSR count). The normalized spacial score (nSPS) is 14.9. The molecule has 166 valence electrons. The Morgan fingerprint density at radius 3 is 2.55 bits per heavy atom. The summed E-state index contributed by atoms with van der Waals surface area (Å²) in [6, 6.07) is 9.52. The number of tetrazole rings is 1. The maximum absolute atomic E-state index is 13.2. The number of rotatable bonds is 8. The summed E-state index contributed by atoms with van der Waals surface area (Å²) in [4.78, 5) is 1.78. The summed E-state index contributed by atoms with van der Waals surface area (Å²) in [5.74, 6) is 1.48. The molecule has 0 N–H and O–H groups in total. The molecule has 3 aromatic rings. The molecular formula is C18H21F3N8OS. The highest BCUT2D eigenvalue weighted by molar-refractivity contribution is 7.99. The Kier molecular flexibility index (Phi) is 6.70. The Balaban J connectivity index is 1.40. The van der Waals surface area contributed by atoms with Crippen LogP contribution in [0.4, 0.5) is 19.1 Å². The molecule has 1 aromatic carbocycles. The second-order valence-electron chi connectivity index (χ2n) is 6.88. The number of halogens is 3. The number of morpholine rings is 1. The maximum Gasteiger partial charge on any atom is 0.406 e. The smallest absolute Gasteiger partial charge is 0.378 e. The van der Waals surface area contributed by atoms with Crippen molar-refractivity contribution >= 4 is 17.7 Å². The van der Waals surface area contributed by atoms with Gasteiger partial charge in [0, 0.05) is 25.3 Å². The van der Waals surface area contributed by atoms with Gasteiger partial charge in [0.2, 0.25) is 5.95 Å². The quantitative estimate of drug-likeness (QED) is 0.379. The van der Waals surface area contributed by atoms with Crippen molar-refractivity contribution in [3.8, 4) is 5.69 Å². The van der Waals surface area contributed by atoms with Gasteiger partial charge in [0.25, 0.3) is 0 Å². The number of hydrogen-bond acceptors (Lipinski definition) is 8. The van der Waals surface area contributed by atoms with Crippen molar-refractivity contribution < 1.29 is 17.9 Å². The van der Waals surface area contributed by atoms with E-state index in [0.29, 0.717) is 50.7 Å². The molecule has 3 heterocycles. The molecule has 0 aliphatic carbocycles. The number of aromatic nitrogens is 7. The number of benzene rings is 1. The van der Waals surface area contributed by atoms with Crippen LogP contribution in [0.2, 0.25) is 0 Å². The topological polar surface area (TPSA) is 86.8 Å². The van der Waals surface area contributed by atoms with Crippen LogP contribution in [0.25, 0.3) is 5.69 Å². The number of nitrogens with zero attached hydrogens (tertiary/aromatic N) is 8. The van der Waals surface area contributed by atoms with Gasteiger partial charge in [0.05, 0.1) is 18.9 Å². The SMILES string of the molecule is FC(F)(F)Cn1c(SCCCc2nnnn2-c2ccccc2)nnc1N1CCOCC1. The molecule has 0 saturated carbocycles. The Hall–Kier alpha value is -2.67. The van der Waals surface area contributed by atoms with Crippen molar-refractivity contribution in [1.82, 2.24) is 35.0 Å². The number of thioether (sulfide) groups is 1. The molecular weight excluding hydrogens is 433 g/mol. The second-order valence-corrected chi connectivity index (χ2v) is 7.94.